The van der Waals surface area contributed by atoms with Crippen molar-refractivity contribution in [3.05, 3.63) is 78.0 Å². The largest absolute Gasteiger partial charge is 0.349 e. The maximum Gasteiger partial charge on any atom is 0.251 e. The highest BCUT2D eigenvalue weighted by Crippen LogP contribution is 2.27. The number of hydrogen-bond donors (Lipinski definition) is 1. The summed E-state index contributed by atoms with van der Waals surface area (Å²) in [6.45, 7) is 2.04. The fraction of sp³-hybridized carbons (Fsp3) is 0.174. The number of fused-ring (bicyclic) bond motifs is 1. The molecule has 5 nitrogen and oxygen atoms in total. The highest BCUT2D eigenvalue weighted by atomic mass is 16.1. The first-order chi connectivity index (χ1) is 13.7. The van der Waals surface area contributed by atoms with Crippen molar-refractivity contribution in [3.8, 4) is 16.9 Å². The molecule has 2 aromatic carbocycles. The van der Waals surface area contributed by atoms with Gasteiger partial charge in [-0.2, -0.15) is 5.10 Å². The van der Waals surface area contributed by atoms with Crippen LogP contribution in [0.4, 0.5) is 0 Å². The second kappa shape index (κ2) is 6.60. The molecule has 0 atom stereocenters. The van der Waals surface area contributed by atoms with Gasteiger partial charge in [-0.25, -0.2) is 9.67 Å². The van der Waals surface area contributed by atoms with Crippen molar-refractivity contribution in [2.75, 3.05) is 0 Å². The predicted octanol–water partition coefficient (Wildman–Crippen LogP) is 4.29. The van der Waals surface area contributed by atoms with E-state index in [1.807, 2.05) is 72.3 Å². The molecular formula is C23H20N4O. The van der Waals surface area contributed by atoms with Crippen LogP contribution in [0.3, 0.4) is 0 Å². The summed E-state index contributed by atoms with van der Waals surface area (Å²) in [5.41, 5.74) is 6.36. The molecule has 0 unspecified atom stereocenters. The highest BCUT2D eigenvalue weighted by molar-refractivity contribution is 5.96. The van der Waals surface area contributed by atoms with E-state index in [2.05, 4.69) is 10.4 Å². The molecule has 0 aliphatic heterocycles. The molecular weight excluding hydrogens is 348 g/mol. The molecule has 5 rings (SSSR count). The lowest BCUT2D eigenvalue weighted by atomic mass is 10.0. The molecule has 28 heavy (non-hydrogen) atoms. The molecule has 1 amide bonds. The van der Waals surface area contributed by atoms with Crippen molar-refractivity contribution < 1.29 is 4.79 Å². The van der Waals surface area contributed by atoms with Crippen molar-refractivity contribution in [2.24, 2.45) is 0 Å². The number of para-hydroxylation sites is 1. The summed E-state index contributed by atoms with van der Waals surface area (Å²) in [5.74, 6) is -0.0123. The molecule has 0 bridgehead atoms. The molecule has 1 fully saturated rings. The van der Waals surface area contributed by atoms with Crippen LogP contribution in [0, 0.1) is 6.92 Å². The quantitative estimate of drug-likeness (QED) is 0.585. The van der Waals surface area contributed by atoms with Crippen LogP contribution in [0.2, 0.25) is 0 Å². The molecule has 5 heteroatoms. The summed E-state index contributed by atoms with van der Waals surface area (Å²) < 4.78 is 1.89. The summed E-state index contributed by atoms with van der Waals surface area (Å²) in [6.07, 6.45) is 3.94. The second-order valence-corrected chi connectivity index (χ2v) is 7.27. The Hall–Kier alpha value is -3.47. The van der Waals surface area contributed by atoms with Crippen LogP contribution in [0.15, 0.2) is 66.9 Å². The van der Waals surface area contributed by atoms with Crippen LogP contribution >= 0.6 is 0 Å². The van der Waals surface area contributed by atoms with Crippen LogP contribution < -0.4 is 5.32 Å². The number of carbonyl (C=O) groups excluding carboxylic acids is 1. The molecule has 2 aromatic heterocycles. The van der Waals surface area contributed by atoms with Gasteiger partial charge < -0.3 is 5.32 Å². The standard InChI is InChI=1S/C23H20N4O/c1-15-7-8-16(23(28)25-17-9-10-17)13-19(15)20-11-12-22-21(26-20)14-24-27(22)18-5-3-2-4-6-18/h2-8,11-14,17H,9-10H2,1H3,(H,25,28). The summed E-state index contributed by atoms with van der Waals surface area (Å²) in [7, 11) is 0. The predicted molar refractivity (Wildman–Crippen MR) is 110 cm³/mol. The highest BCUT2D eigenvalue weighted by Gasteiger charge is 2.24. The van der Waals surface area contributed by atoms with Gasteiger partial charge in [0.25, 0.3) is 5.91 Å². The molecule has 4 aromatic rings. The first-order valence-corrected chi connectivity index (χ1v) is 9.51. The molecule has 1 N–H and O–H groups in total. The number of benzene rings is 2. The minimum Gasteiger partial charge on any atom is -0.349 e. The van der Waals surface area contributed by atoms with Gasteiger partial charge in [0.2, 0.25) is 0 Å². The molecule has 0 radical (unpaired) electrons. The zero-order valence-electron chi connectivity index (χ0n) is 15.6. The minimum absolute atomic E-state index is 0.0123. The lowest BCUT2D eigenvalue weighted by Gasteiger charge is -2.10. The zero-order valence-corrected chi connectivity index (χ0v) is 15.6. The van der Waals surface area contributed by atoms with Crippen molar-refractivity contribution in [1.29, 1.82) is 0 Å². The minimum atomic E-state index is -0.0123. The van der Waals surface area contributed by atoms with E-state index < -0.39 is 0 Å². The average molecular weight is 368 g/mol. The number of aryl methyl sites for hydroxylation is 1. The Kier molecular flexibility index (Phi) is 3.93. The Morgan fingerprint density at radius 3 is 2.68 bits per heavy atom. The number of nitrogens with one attached hydrogen (secondary N) is 1. The normalized spacial score (nSPS) is 13.6. The Balaban J connectivity index is 1.53. The molecule has 2 heterocycles. The summed E-state index contributed by atoms with van der Waals surface area (Å²) in [6, 6.07) is 20.2. The van der Waals surface area contributed by atoms with Gasteiger partial charge in [-0.1, -0.05) is 24.3 Å². The van der Waals surface area contributed by atoms with Gasteiger partial charge in [0.1, 0.15) is 5.52 Å². The summed E-state index contributed by atoms with van der Waals surface area (Å²) >= 11 is 0. The number of hydrogen-bond acceptors (Lipinski definition) is 3. The molecule has 1 aliphatic rings. The molecule has 0 spiro atoms. The molecule has 0 saturated heterocycles. The van der Waals surface area contributed by atoms with Gasteiger partial charge in [0.15, 0.2) is 0 Å². The first kappa shape index (κ1) is 16.7. The van der Waals surface area contributed by atoms with E-state index in [1.54, 1.807) is 6.20 Å². The van der Waals surface area contributed by atoms with E-state index in [4.69, 9.17) is 4.98 Å². The Morgan fingerprint density at radius 1 is 1.07 bits per heavy atom. The van der Waals surface area contributed by atoms with E-state index in [9.17, 15) is 4.79 Å². The lowest BCUT2D eigenvalue weighted by Crippen LogP contribution is -2.25. The monoisotopic (exact) mass is 368 g/mol. The van der Waals surface area contributed by atoms with Crippen LogP contribution in [0.5, 0.6) is 0 Å². The first-order valence-electron chi connectivity index (χ1n) is 9.51. The number of nitrogens with zero attached hydrogens (tertiary/aromatic N) is 3. The fourth-order valence-corrected chi connectivity index (χ4v) is 3.38. The maximum atomic E-state index is 12.4. The van der Waals surface area contributed by atoms with E-state index in [-0.39, 0.29) is 5.91 Å². The van der Waals surface area contributed by atoms with Crippen LogP contribution in [-0.4, -0.2) is 26.7 Å². The molecule has 138 valence electrons. The van der Waals surface area contributed by atoms with Gasteiger partial charge in [-0.15, -0.1) is 0 Å². The van der Waals surface area contributed by atoms with E-state index in [0.29, 0.717) is 11.6 Å². The van der Waals surface area contributed by atoms with Crippen LogP contribution in [-0.2, 0) is 0 Å². The number of pyridine rings is 1. The maximum absolute atomic E-state index is 12.4. The SMILES string of the molecule is Cc1ccc(C(=O)NC2CC2)cc1-c1ccc2c(cnn2-c2ccccc2)n1. The van der Waals surface area contributed by atoms with Gasteiger partial charge in [-0.05, 0) is 61.7 Å². The lowest BCUT2D eigenvalue weighted by molar-refractivity contribution is 0.0951. The molecule has 1 aliphatic carbocycles. The zero-order chi connectivity index (χ0) is 19.1. The van der Waals surface area contributed by atoms with Gasteiger partial charge in [-0.3, -0.25) is 4.79 Å². The van der Waals surface area contributed by atoms with Gasteiger partial charge in [0, 0.05) is 17.2 Å². The summed E-state index contributed by atoms with van der Waals surface area (Å²) in [5, 5.41) is 7.54. The van der Waals surface area contributed by atoms with Gasteiger partial charge in [0.05, 0.1) is 23.1 Å². The van der Waals surface area contributed by atoms with Gasteiger partial charge >= 0.3 is 0 Å². The average Bonchev–Trinajstić information content (AvgIpc) is 3.44. The molecule has 1 saturated carbocycles. The Bertz CT molecular complexity index is 1180. The third-order valence-corrected chi connectivity index (χ3v) is 5.12. The second-order valence-electron chi connectivity index (χ2n) is 7.27. The smallest absolute Gasteiger partial charge is 0.251 e. The van der Waals surface area contributed by atoms with Crippen molar-refractivity contribution >= 4 is 16.9 Å². The number of amides is 1. The topological polar surface area (TPSA) is 59.8 Å². The van der Waals surface area contributed by atoms with Crippen molar-refractivity contribution in [3.63, 3.8) is 0 Å². The fourth-order valence-electron chi connectivity index (χ4n) is 3.38. The van der Waals surface area contributed by atoms with Crippen LogP contribution in [0.1, 0.15) is 28.8 Å². The third kappa shape index (κ3) is 3.05. The number of carbonyl (C=O) groups is 1. The van der Waals surface area contributed by atoms with Crippen LogP contribution in [0.25, 0.3) is 28.0 Å². The summed E-state index contributed by atoms with van der Waals surface area (Å²) in [4.78, 5) is 17.2. The van der Waals surface area contributed by atoms with E-state index in [0.717, 1.165) is 46.4 Å². The number of rotatable bonds is 4. The van der Waals surface area contributed by atoms with E-state index in [1.165, 1.54) is 0 Å². The van der Waals surface area contributed by atoms with Crippen molar-refractivity contribution in [1.82, 2.24) is 20.1 Å². The van der Waals surface area contributed by atoms with Crippen molar-refractivity contribution in [2.45, 2.75) is 25.8 Å². The van der Waals surface area contributed by atoms with E-state index >= 15 is 0 Å². The third-order valence-electron chi connectivity index (χ3n) is 5.12. The Labute approximate surface area is 163 Å². The Morgan fingerprint density at radius 2 is 1.89 bits per heavy atom. The number of aromatic nitrogens is 3.